The highest BCUT2D eigenvalue weighted by molar-refractivity contribution is 7.89. The molecule has 1 fully saturated rings. The van der Waals surface area contributed by atoms with Crippen LogP contribution in [0.25, 0.3) is 11.3 Å². The number of amides is 1. The molecular formula is C21H26N6O3S. The first-order valence-corrected chi connectivity index (χ1v) is 11.7. The van der Waals surface area contributed by atoms with Crippen molar-refractivity contribution in [3.8, 4) is 11.3 Å². The molecule has 1 N–H and O–H groups in total. The Hall–Kier alpha value is -2.98. The number of rotatable bonds is 5. The summed E-state index contributed by atoms with van der Waals surface area (Å²) in [5, 5.41) is 11.3. The quantitative estimate of drug-likeness (QED) is 0.651. The molecule has 0 unspecified atom stereocenters. The van der Waals surface area contributed by atoms with Gasteiger partial charge in [-0.2, -0.15) is 14.5 Å². The normalized spacial score (nSPS) is 15.4. The molecule has 2 aromatic heterocycles. The minimum absolute atomic E-state index is 0.183. The second-order valence-corrected chi connectivity index (χ2v) is 9.57. The van der Waals surface area contributed by atoms with E-state index in [2.05, 4.69) is 15.3 Å². The van der Waals surface area contributed by atoms with E-state index in [0.29, 0.717) is 36.7 Å². The van der Waals surface area contributed by atoms with E-state index < -0.39 is 10.0 Å². The Balaban J connectivity index is 1.43. The van der Waals surface area contributed by atoms with E-state index in [4.69, 9.17) is 0 Å². The lowest BCUT2D eigenvalue weighted by molar-refractivity contribution is 0.0692. The van der Waals surface area contributed by atoms with Crippen molar-refractivity contribution in [1.82, 2.24) is 29.2 Å². The zero-order valence-electron chi connectivity index (χ0n) is 17.9. The molecule has 3 heterocycles. The fourth-order valence-electron chi connectivity index (χ4n) is 3.66. The van der Waals surface area contributed by atoms with E-state index in [1.54, 1.807) is 28.8 Å². The van der Waals surface area contributed by atoms with Crippen LogP contribution in [0.5, 0.6) is 0 Å². The SMILES string of the molecule is CCn1cc(S(=O)(=O)N2CCN(C(=O)c3cc(-c4ccc(C)cc4)n[nH]3)CC2)c(C)n1. The molecule has 0 atom stereocenters. The number of aromatic amines is 1. The molecule has 1 amide bonds. The first-order valence-electron chi connectivity index (χ1n) is 10.3. The number of nitrogens with zero attached hydrogens (tertiary/aromatic N) is 5. The number of hydrogen-bond donors (Lipinski definition) is 1. The number of aryl methyl sites for hydroxylation is 3. The highest BCUT2D eigenvalue weighted by atomic mass is 32.2. The van der Waals surface area contributed by atoms with Crippen molar-refractivity contribution in [1.29, 1.82) is 0 Å². The van der Waals surface area contributed by atoms with Gasteiger partial charge in [-0.05, 0) is 26.8 Å². The molecule has 4 rings (SSSR count). The first-order chi connectivity index (χ1) is 14.8. The molecule has 1 saturated heterocycles. The molecule has 9 nitrogen and oxygen atoms in total. The van der Waals surface area contributed by atoms with Gasteiger partial charge in [0.1, 0.15) is 10.6 Å². The van der Waals surface area contributed by atoms with Gasteiger partial charge in [0, 0.05) is 44.5 Å². The summed E-state index contributed by atoms with van der Waals surface area (Å²) in [4.78, 5) is 14.8. The lowest BCUT2D eigenvalue weighted by Crippen LogP contribution is -2.50. The third-order valence-electron chi connectivity index (χ3n) is 5.52. The maximum atomic E-state index is 13.0. The van der Waals surface area contributed by atoms with E-state index in [9.17, 15) is 13.2 Å². The molecular weight excluding hydrogens is 416 g/mol. The van der Waals surface area contributed by atoms with Gasteiger partial charge >= 0.3 is 0 Å². The second kappa shape index (κ2) is 8.27. The summed E-state index contributed by atoms with van der Waals surface area (Å²) in [6.45, 7) is 7.34. The average Bonchev–Trinajstić information content (AvgIpc) is 3.41. The lowest BCUT2D eigenvalue weighted by Gasteiger charge is -2.33. The van der Waals surface area contributed by atoms with Gasteiger partial charge in [-0.1, -0.05) is 29.8 Å². The smallest absolute Gasteiger partial charge is 0.271 e. The van der Waals surface area contributed by atoms with Crippen LogP contribution in [0, 0.1) is 13.8 Å². The number of aromatic nitrogens is 4. The minimum Gasteiger partial charge on any atom is -0.335 e. The van der Waals surface area contributed by atoms with Crippen molar-refractivity contribution in [2.75, 3.05) is 26.2 Å². The van der Waals surface area contributed by atoms with Crippen molar-refractivity contribution in [2.24, 2.45) is 0 Å². The Morgan fingerprint density at radius 3 is 2.39 bits per heavy atom. The second-order valence-electron chi connectivity index (χ2n) is 7.66. The Kier molecular flexibility index (Phi) is 5.67. The molecule has 1 aliphatic heterocycles. The van der Waals surface area contributed by atoms with Crippen molar-refractivity contribution in [3.05, 3.63) is 53.5 Å². The molecule has 31 heavy (non-hydrogen) atoms. The van der Waals surface area contributed by atoms with Crippen LogP contribution in [0.3, 0.4) is 0 Å². The maximum Gasteiger partial charge on any atom is 0.271 e. The van der Waals surface area contributed by atoms with Crippen LogP contribution < -0.4 is 0 Å². The van der Waals surface area contributed by atoms with E-state index in [1.807, 2.05) is 38.1 Å². The lowest BCUT2D eigenvalue weighted by atomic mass is 10.1. The van der Waals surface area contributed by atoms with Gasteiger partial charge in [-0.25, -0.2) is 8.42 Å². The molecule has 1 aromatic carbocycles. The summed E-state index contributed by atoms with van der Waals surface area (Å²) in [6, 6.07) is 9.66. The third-order valence-corrected chi connectivity index (χ3v) is 7.53. The molecule has 1 aliphatic rings. The Morgan fingerprint density at radius 1 is 1.10 bits per heavy atom. The zero-order chi connectivity index (χ0) is 22.2. The van der Waals surface area contributed by atoms with Gasteiger partial charge in [0.05, 0.1) is 11.4 Å². The Morgan fingerprint density at radius 2 is 1.77 bits per heavy atom. The highest BCUT2D eigenvalue weighted by Gasteiger charge is 2.33. The van der Waals surface area contributed by atoms with Gasteiger partial charge in [0.2, 0.25) is 10.0 Å². The van der Waals surface area contributed by atoms with E-state index in [1.165, 1.54) is 4.31 Å². The summed E-state index contributed by atoms with van der Waals surface area (Å²) in [5.74, 6) is -0.183. The molecule has 0 bridgehead atoms. The molecule has 0 saturated carbocycles. The summed E-state index contributed by atoms with van der Waals surface area (Å²) < 4.78 is 29.1. The predicted octanol–water partition coefficient (Wildman–Crippen LogP) is 2.06. The average molecular weight is 443 g/mol. The van der Waals surface area contributed by atoms with E-state index in [-0.39, 0.29) is 23.9 Å². The Labute approximate surface area is 181 Å². The molecule has 0 radical (unpaired) electrons. The number of carbonyl (C=O) groups excluding carboxylic acids is 1. The topological polar surface area (TPSA) is 104 Å². The summed E-state index contributed by atoms with van der Waals surface area (Å²) >= 11 is 0. The van der Waals surface area contributed by atoms with Crippen LogP contribution in [0.2, 0.25) is 0 Å². The Bertz CT molecular complexity index is 1190. The molecule has 0 spiro atoms. The van der Waals surface area contributed by atoms with E-state index >= 15 is 0 Å². The van der Waals surface area contributed by atoms with Crippen molar-refractivity contribution < 1.29 is 13.2 Å². The van der Waals surface area contributed by atoms with Gasteiger partial charge in [0.25, 0.3) is 5.91 Å². The van der Waals surface area contributed by atoms with Crippen LogP contribution in [0.1, 0.15) is 28.7 Å². The number of H-pyrrole nitrogens is 1. The standard InChI is InChI=1S/C21H26N6O3S/c1-4-26-14-20(16(3)24-26)31(29,30)27-11-9-25(10-12-27)21(28)19-13-18(22-23-19)17-7-5-15(2)6-8-17/h5-8,13-14H,4,9-12H2,1-3H3,(H,22,23). The van der Waals surface area contributed by atoms with Gasteiger partial charge in [-0.3, -0.25) is 14.6 Å². The summed E-state index contributed by atoms with van der Waals surface area (Å²) in [7, 11) is -3.64. The van der Waals surface area contributed by atoms with Crippen molar-refractivity contribution >= 4 is 15.9 Å². The number of piperazine rings is 1. The first kappa shape index (κ1) is 21.3. The maximum absolute atomic E-state index is 13.0. The third kappa shape index (κ3) is 4.13. The number of benzene rings is 1. The number of sulfonamides is 1. The van der Waals surface area contributed by atoms with Gasteiger partial charge in [0.15, 0.2) is 0 Å². The molecule has 3 aromatic rings. The number of nitrogens with one attached hydrogen (secondary N) is 1. The number of hydrogen-bond acceptors (Lipinski definition) is 5. The summed E-state index contributed by atoms with van der Waals surface area (Å²) in [6.07, 6.45) is 1.57. The summed E-state index contributed by atoms with van der Waals surface area (Å²) in [5.41, 5.74) is 3.67. The van der Waals surface area contributed by atoms with Crippen molar-refractivity contribution in [3.63, 3.8) is 0 Å². The van der Waals surface area contributed by atoms with Crippen LogP contribution in [0.15, 0.2) is 41.4 Å². The minimum atomic E-state index is -3.64. The molecule has 10 heteroatoms. The zero-order valence-corrected chi connectivity index (χ0v) is 18.7. The molecule has 164 valence electrons. The number of carbonyl (C=O) groups is 1. The highest BCUT2D eigenvalue weighted by Crippen LogP contribution is 2.22. The van der Waals surface area contributed by atoms with Crippen LogP contribution in [-0.2, 0) is 16.6 Å². The van der Waals surface area contributed by atoms with Crippen LogP contribution in [0.4, 0.5) is 0 Å². The van der Waals surface area contributed by atoms with Crippen LogP contribution in [-0.4, -0.2) is 69.7 Å². The fourth-order valence-corrected chi connectivity index (χ4v) is 5.25. The van der Waals surface area contributed by atoms with Gasteiger partial charge < -0.3 is 4.90 Å². The fraction of sp³-hybridized carbons (Fsp3) is 0.381. The predicted molar refractivity (Wildman–Crippen MR) is 116 cm³/mol. The monoisotopic (exact) mass is 442 g/mol. The van der Waals surface area contributed by atoms with E-state index in [0.717, 1.165) is 11.1 Å². The van der Waals surface area contributed by atoms with Gasteiger partial charge in [-0.15, -0.1) is 0 Å². The largest absolute Gasteiger partial charge is 0.335 e. The van der Waals surface area contributed by atoms with Crippen LogP contribution >= 0.6 is 0 Å². The molecule has 0 aliphatic carbocycles. The van der Waals surface area contributed by atoms with Crippen molar-refractivity contribution in [2.45, 2.75) is 32.2 Å².